The van der Waals surface area contributed by atoms with E-state index in [-0.39, 0.29) is 5.56 Å². The van der Waals surface area contributed by atoms with Crippen LogP contribution in [-0.2, 0) is 6.54 Å². The standard InChI is InChI=1S/C14H12ClN3O/c1-9-5-12-13(17-9)16-8-18(14(12)19)7-10-3-2-4-11(15)6-10/h2-6,8,17H,7H2,1H3. The van der Waals surface area contributed by atoms with Crippen molar-refractivity contribution >= 4 is 22.6 Å². The molecular weight excluding hydrogens is 262 g/mol. The first-order valence-corrected chi connectivity index (χ1v) is 6.30. The summed E-state index contributed by atoms with van der Waals surface area (Å²) in [6, 6.07) is 9.28. The van der Waals surface area contributed by atoms with E-state index in [0.29, 0.717) is 22.6 Å². The quantitative estimate of drug-likeness (QED) is 0.780. The monoisotopic (exact) mass is 273 g/mol. The second-order valence-electron chi connectivity index (χ2n) is 4.52. The molecule has 0 aliphatic rings. The number of rotatable bonds is 2. The van der Waals surface area contributed by atoms with E-state index in [4.69, 9.17) is 11.6 Å². The third-order valence-corrected chi connectivity index (χ3v) is 3.23. The average molecular weight is 274 g/mol. The van der Waals surface area contributed by atoms with Gasteiger partial charge >= 0.3 is 0 Å². The lowest BCUT2D eigenvalue weighted by atomic mass is 10.2. The van der Waals surface area contributed by atoms with Crippen LogP contribution in [0.25, 0.3) is 11.0 Å². The molecule has 0 fully saturated rings. The number of aromatic nitrogens is 3. The maximum absolute atomic E-state index is 12.3. The summed E-state index contributed by atoms with van der Waals surface area (Å²) in [4.78, 5) is 19.6. The Morgan fingerprint density at radius 3 is 3.00 bits per heavy atom. The molecule has 0 aliphatic heterocycles. The minimum atomic E-state index is -0.0469. The van der Waals surface area contributed by atoms with Gasteiger partial charge in [0, 0.05) is 10.7 Å². The molecule has 96 valence electrons. The predicted octanol–water partition coefficient (Wildman–Crippen LogP) is 2.73. The van der Waals surface area contributed by atoms with Crippen molar-refractivity contribution in [3.63, 3.8) is 0 Å². The lowest BCUT2D eigenvalue weighted by Gasteiger charge is -2.05. The van der Waals surface area contributed by atoms with Crippen molar-refractivity contribution in [2.75, 3.05) is 0 Å². The average Bonchev–Trinajstić information content (AvgIpc) is 2.75. The molecule has 3 rings (SSSR count). The zero-order chi connectivity index (χ0) is 13.4. The van der Waals surface area contributed by atoms with E-state index in [1.807, 2.05) is 37.3 Å². The molecule has 5 heteroatoms. The summed E-state index contributed by atoms with van der Waals surface area (Å²) in [6.45, 7) is 2.37. The highest BCUT2D eigenvalue weighted by Gasteiger charge is 2.07. The highest BCUT2D eigenvalue weighted by atomic mass is 35.5. The number of H-pyrrole nitrogens is 1. The molecule has 0 saturated carbocycles. The van der Waals surface area contributed by atoms with Gasteiger partial charge in [0.05, 0.1) is 11.9 Å². The maximum atomic E-state index is 12.3. The van der Waals surface area contributed by atoms with Gasteiger partial charge in [0.15, 0.2) is 0 Å². The van der Waals surface area contributed by atoms with Crippen LogP contribution in [0.5, 0.6) is 0 Å². The second-order valence-corrected chi connectivity index (χ2v) is 4.96. The van der Waals surface area contributed by atoms with E-state index >= 15 is 0 Å². The van der Waals surface area contributed by atoms with E-state index in [9.17, 15) is 4.79 Å². The van der Waals surface area contributed by atoms with Gasteiger partial charge in [0.25, 0.3) is 5.56 Å². The van der Waals surface area contributed by atoms with Crippen LogP contribution < -0.4 is 5.56 Å². The van der Waals surface area contributed by atoms with Gasteiger partial charge in [-0.3, -0.25) is 9.36 Å². The molecule has 2 heterocycles. The Kier molecular flexibility index (Phi) is 2.87. The number of halogens is 1. The summed E-state index contributed by atoms with van der Waals surface area (Å²) in [7, 11) is 0. The normalized spacial score (nSPS) is 11.1. The Balaban J connectivity index is 2.06. The fourth-order valence-corrected chi connectivity index (χ4v) is 2.33. The second kappa shape index (κ2) is 4.55. The van der Waals surface area contributed by atoms with Gasteiger partial charge < -0.3 is 4.98 Å². The first-order chi connectivity index (χ1) is 9.13. The molecule has 0 spiro atoms. The molecule has 0 aliphatic carbocycles. The van der Waals surface area contributed by atoms with E-state index in [0.717, 1.165) is 11.3 Å². The number of nitrogens with zero attached hydrogens (tertiary/aromatic N) is 2. The lowest BCUT2D eigenvalue weighted by molar-refractivity contribution is 0.748. The molecule has 0 bridgehead atoms. The van der Waals surface area contributed by atoms with Crippen LogP contribution in [0, 0.1) is 6.92 Å². The third-order valence-electron chi connectivity index (χ3n) is 2.99. The zero-order valence-corrected chi connectivity index (χ0v) is 11.1. The van der Waals surface area contributed by atoms with Crippen LogP contribution in [-0.4, -0.2) is 14.5 Å². The fourth-order valence-electron chi connectivity index (χ4n) is 2.12. The molecule has 0 atom stereocenters. The van der Waals surface area contributed by atoms with Crippen molar-refractivity contribution in [2.24, 2.45) is 0 Å². The summed E-state index contributed by atoms with van der Waals surface area (Å²) in [6.07, 6.45) is 1.56. The molecule has 2 aromatic heterocycles. The Morgan fingerprint density at radius 1 is 1.37 bits per heavy atom. The summed E-state index contributed by atoms with van der Waals surface area (Å²) < 4.78 is 1.58. The number of hydrogen-bond donors (Lipinski definition) is 1. The first-order valence-electron chi connectivity index (χ1n) is 5.93. The van der Waals surface area contributed by atoms with Crippen LogP contribution in [0.15, 0.2) is 41.5 Å². The van der Waals surface area contributed by atoms with Crippen LogP contribution in [0.2, 0.25) is 5.02 Å². The number of fused-ring (bicyclic) bond motifs is 1. The van der Waals surface area contributed by atoms with Gasteiger partial charge in [-0.1, -0.05) is 23.7 Å². The Bertz CT molecular complexity index is 804. The molecule has 19 heavy (non-hydrogen) atoms. The van der Waals surface area contributed by atoms with E-state index in [1.54, 1.807) is 10.9 Å². The molecular formula is C14H12ClN3O. The molecule has 4 nitrogen and oxygen atoms in total. The van der Waals surface area contributed by atoms with Crippen molar-refractivity contribution in [1.29, 1.82) is 0 Å². The summed E-state index contributed by atoms with van der Waals surface area (Å²) in [5, 5.41) is 1.28. The van der Waals surface area contributed by atoms with Crippen molar-refractivity contribution in [1.82, 2.24) is 14.5 Å². The highest BCUT2D eigenvalue weighted by molar-refractivity contribution is 6.30. The minimum absolute atomic E-state index is 0.0469. The van der Waals surface area contributed by atoms with Gasteiger partial charge in [-0.25, -0.2) is 4.98 Å². The van der Waals surface area contributed by atoms with E-state index < -0.39 is 0 Å². The fraction of sp³-hybridized carbons (Fsp3) is 0.143. The van der Waals surface area contributed by atoms with E-state index in [2.05, 4.69) is 9.97 Å². The van der Waals surface area contributed by atoms with Crippen molar-refractivity contribution in [2.45, 2.75) is 13.5 Å². The molecule has 0 unspecified atom stereocenters. The van der Waals surface area contributed by atoms with Crippen LogP contribution in [0.3, 0.4) is 0 Å². The SMILES string of the molecule is Cc1cc2c(=O)n(Cc3cccc(Cl)c3)cnc2[nH]1. The third kappa shape index (κ3) is 2.27. The van der Waals surface area contributed by atoms with Gasteiger partial charge in [-0.05, 0) is 30.7 Å². The predicted molar refractivity (Wildman–Crippen MR) is 75.6 cm³/mol. The molecule has 0 saturated heterocycles. The number of aryl methyl sites for hydroxylation is 1. The summed E-state index contributed by atoms with van der Waals surface area (Å²) in [5.74, 6) is 0. The minimum Gasteiger partial charge on any atom is -0.343 e. The van der Waals surface area contributed by atoms with Crippen molar-refractivity contribution < 1.29 is 0 Å². The summed E-state index contributed by atoms with van der Waals surface area (Å²) in [5.41, 5.74) is 2.49. The molecule has 1 aromatic carbocycles. The molecule has 3 aromatic rings. The first kappa shape index (κ1) is 12.0. The van der Waals surface area contributed by atoms with Gasteiger partial charge in [0.2, 0.25) is 0 Å². The lowest BCUT2D eigenvalue weighted by Crippen LogP contribution is -2.20. The topological polar surface area (TPSA) is 50.7 Å². The number of benzene rings is 1. The van der Waals surface area contributed by atoms with Gasteiger partial charge in [0.1, 0.15) is 12.0 Å². The smallest absolute Gasteiger partial charge is 0.263 e. The van der Waals surface area contributed by atoms with E-state index in [1.165, 1.54) is 0 Å². The summed E-state index contributed by atoms with van der Waals surface area (Å²) >= 11 is 5.94. The molecule has 0 radical (unpaired) electrons. The van der Waals surface area contributed by atoms with Gasteiger partial charge in [-0.2, -0.15) is 0 Å². The van der Waals surface area contributed by atoms with Crippen molar-refractivity contribution in [3.05, 3.63) is 63.3 Å². The maximum Gasteiger partial charge on any atom is 0.263 e. The zero-order valence-electron chi connectivity index (χ0n) is 10.4. The Hall–Kier alpha value is -2.07. The van der Waals surface area contributed by atoms with Crippen LogP contribution in [0.4, 0.5) is 0 Å². The number of aromatic amines is 1. The largest absolute Gasteiger partial charge is 0.343 e. The van der Waals surface area contributed by atoms with Crippen LogP contribution in [0.1, 0.15) is 11.3 Å². The van der Waals surface area contributed by atoms with Crippen molar-refractivity contribution in [3.8, 4) is 0 Å². The van der Waals surface area contributed by atoms with Gasteiger partial charge in [-0.15, -0.1) is 0 Å². The highest BCUT2D eigenvalue weighted by Crippen LogP contribution is 2.12. The Morgan fingerprint density at radius 2 is 2.21 bits per heavy atom. The number of nitrogens with one attached hydrogen (secondary N) is 1. The molecule has 0 amide bonds. The molecule has 1 N–H and O–H groups in total. The van der Waals surface area contributed by atoms with Crippen LogP contribution >= 0.6 is 11.6 Å². The Labute approximate surface area is 114 Å². The number of hydrogen-bond acceptors (Lipinski definition) is 2.